The largest absolute Gasteiger partial charge is 0.478 e. The van der Waals surface area contributed by atoms with Gasteiger partial charge in [0.05, 0.1) is 5.56 Å². The summed E-state index contributed by atoms with van der Waals surface area (Å²) in [6, 6.07) is 9.71. The van der Waals surface area contributed by atoms with E-state index < -0.39 is 5.97 Å². The molecule has 2 heteroatoms. The molecule has 0 saturated heterocycles. The minimum Gasteiger partial charge on any atom is -0.478 e. The maximum atomic E-state index is 11.3. The first-order valence-electron chi connectivity index (χ1n) is 6.16. The highest BCUT2D eigenvalue weighted by Crippen LogP contribution is 2.23. The lowest BCUT2D eigenvalue weighted by atomic mass is 9.97. The van der Waals surface area contributed by atoms with E-state index >= 15 is 0 Å². The zero-order valence-corrected chi connectivity index (χ0v) is 10.7. The molecule has 0 radical (unpaired) electrons. The number of carboxylic acids is 1. The maximum absolute atomic E-state index is 11.3. The minimum absolute atomic E-state index is 0.351. The zero-order chi connectivity index (χ0) is 13.8. The van der Waals surface area contributed by atoms with E-state index in [4.69, 9.17) is 0 Å². The monoisotopic (exact) mass is 252 g/mol. The van der Waals surface area contributed by atoms with Crippen LogP contribution in [0.5, 0.6) is 0 Å². The van der Waals surface area contributed by atoms with Crippen molar-refractivity contribution >= 4 is 16.7 Å². The summed E-state index contributed by atoms with van der Waals surface area (Å²) in [5.74, 6) is -0.895. The summed E-state index contributed by atoms with van der Waals surface area (Å²) in [6.45, 7) is 7.41. The smallest absolute Gasteiger partial charge is 0.335 e. The summed E-state index contributed by atoms with van der Waals surface area (Å²) in [5, 5.41) is 11.2. The molecule has 1 N–H and O–H groups in total. The summed E-state index contributed by atoms with van der Waals surface area (Å²) in [4.78, 5) is 11.3. The van der Waals surface area contributed by atoms with Gasteiger partial charge in [0.2, 0.25) is 0 Å². The molecule has 2 aromatic carbocycles. The number of aromatic carboxylic acids is 1. The molecule has 0 aliphatic heterocycles. The Kier molecular flexibility index (Phi) is 3.81. The Balaban J connectivity index is 2.62. The van der Waals surface area contributed by atoms with Crippen LogP contribution in [-0.2, 0) is 12.8 Å². The molecule has 0 heterocycles. The second-order valence-electron chi connectivity index (χ2n) is 4.48. The first-order chi connectivity index (χ1) is 9.15. The van der Waals surface area contributed by atoms with Gasteiger partial charge in [0.1, 0.15) is 0 Å². The Morgan fingerprint density at radius 1 is 1.05 bits per heavy atom. The van der Waals surface area contributed by atoms with E-state index in [1.165, 1.54) is 5.56 Å². The third kappa shape index (κ3) is 2.74. The highest BCUT2D eigenvalue weighted by Gasteiger charge is 2.10. The quantitative estimate of drug-likeness (QED) is 0.817. The topological polar surface area (TPSA) is 37.3 Å². The first kappa shape index (κ1) is 13.1. The van der Waals surface area contributed by atoms with Gasteiger partial charge in [-0.25, -0.2) is 4.79 Å². The lowest BCUT2D eigenvalue weighted by molar-refractivity contribution is 0.0696. The van der Waals surface area contributed by atoms with E-state index in [1.807, 2.05) is 24.3 Å². The molecule has 96 valence electrons. The van der Waals surface area contributed by atoms with Gasteiger partial charge in [-0.2, -0.15) is 0 Å². The molecular formula is C17H16O2. The van der Waals surface area contributed by atoms with Gasteiger partial charge >= 0.3 is 5.97 Å². The Morgan fingerprint density at radius 3 is 2.42 bits per heavy atom. The zero-order valence-electron chi connectivity index (χ0n) is 10.7. The molecule has 2 nitrogen and oxygen atoms in total. The van der Waals surface area contributed by atoms with Crippen LogP contribution >= 0.6 is 0 Å². The number of hydrogen-bond donors (Lipinski definition) is 1. The summed E-state index contributed by atoms with van der Waals surface area (Å²) in [6.07, 6.45) is 4.95. The number of benzene rings is 2. The van der Waals surface area contributed by atoms with Crippen molar-refractivity contribution < 1.29 is 9.90 Å². The Bertz CT molecular complexity index is 654. The first-order valence-corrected chi connectivity index (χ1v) is 6.16. The van der Waals surface area contributed by atoms with E-state index in [2.05, 4.69) is 19.2 Å². The van der Waals surface area contributed by atoms with Gasteiger partial charge in [0, 0.05) is 0 Å². The molecule has 0 bridgehead atoms. The minimum atomic E-state index is -0.895. The predicted octanol–water partition coefficient (Wildman–Crippen LogP) is 4.00. The number of allylic oxidation sites excluding steroid dienone is 2. The van der Waals surface area contributed by atoms with Gasteiger partial charge in [-0.3, -0.25) is 0 Å². The number of hydrogen-bond acceptors (Lipinski definition) is 1. The van der Waals surface area contributed by atoms with Crippen molar-refractivity contribution in [3.63, 3.8) is 0 Å². The molecule has 2 aromatic rings. The van der Waals surface area contributed by atoms with Crippen molar-refractivity contribution in [3.8, 4) is 0 Å². The van der Waals surface area contributed by atoms with E-state index in [0.29, 0.717) is 12.0 Å². The van der Waals surface area contributed by atoms with Crippen LogP contribution in [0.4, 0.5) is 0 Å². The van der Waals surface area contributed by atoms with Gasteiger partial charge in [0.15, 0.2) is 0 Å². The van der Waals surface area contributed by atoms with Crippen molar-refractivity contribution in [1.82, 2.24) is 0 Å². The summed E-state index contributed by atoms with van der Waals surface area (Å²) < 4.78 is 0. The summed E-state index contributed by atoms with van der Waals surface area (Å²) >= 11 is 0. The molecule has 0 aliphatic carbocycles. The van der Waals surface area contributed by atoms with Crippen molar-refractivity contribution in [2.24, 2.45) is 0 Å². The molecule has 0 fully saturated rings. The van der Waals surface area contributed by atoms with Gasteiger partial charge < -0.3 is 5.11 Å². The molecule has 0 aliphatic rings. The highest BCUT2D eigenvalue weighted by molar-refractivity contribution is 5.96. The van der Waals surface area contributed by atoms with Crippen molar-refractivity contribution in [3.05, 3.63) is 72.3 Å². The molecule has 0 aromatic heterocycles. The third-order valence-corrected chi connectivity index (χ3v) is 3.10. The Labute approximate surface area is 112 Å². The molecule has 19 heavy (non-hydrogen) atoms. The molecular weight excluding hydrogens is 236 g/mol. The fourth-order valence-electron chi connectivity index (χ4n) is 2.21. The normalized spacial score (nSPS) is 10.3. The third-order valence-electron chi connectivity index (χ3n) is 3.10. The van der Waals surface area contributed by atoms with Crippen LogP contribution in [0, 0.1) is 0 Å². The van der Waals surface area contributed by atoms with Crippen molar-refractivity contribution in [1.29, 1.82) is 0 Å². The van der Waals surface area contributed by atoms with Crippen LogP contribution < -0.4 is 0 Å². The van der Waals surface area contributed by atoms with Gasteiger partial charge in [-0.1, -0.05) is 30.4 Å². The van der Waals surface area contributed by atoms with Crippen LogP contribution in [-0.4, -0.2) is 11.1 Å². The second-order valence-corrected chi connectivity index (χ2v) is 4.48. The lowest BCUT2D eigenvalue weighted by Gasteiger charge is -2.08. The van der Waals surface area contributed by atoms with E-state index in [-0.39, 0.29) is 0 Å². The van der Waals surface area contributed by atoms with E-state index in [0.717, 1.165) is 22.8 Å². The average molecular weight is 252 g/mol. The number of carboxylic acid groups (broad SMARTS) is 1. The van der Waals surface area contributed by atoms with Crippen molar-refractivity contribution in [2.75, 3.05) is 0 Å². The molecule has 0 unspecified atom stereocenters. The maximum Gasteiger partial charge on any atom is 0.335 e. The number of rotatable bonds is 5. The van der Waals surface area contributed by atoms with Crippen LogP contribution in [0.2, 0.25) is 0 Å². The van der Waals surface area contributed by atoms with Crippen LogP contribution in [0.3, 0.4) is 0 Å². The summed E-state index contributed by atoms with van der Waals surface area (Å²) in [5.41, 5.74) is 2.32. The molecule has 0 amide bonds. The molecule has 0 atom stereocenters. The predicted molar refractivity (Wildman–Crippen MR) is 78.7 cm³/mol. The molecule has 0 spiro atoms. The van der Waals surface area contributed by atoms with Gasteiger partial charge in [0.25, 0.3) is 0 Å². The van der Waals surface area contributed by atoms with Crippen LogP contribution in [0.15, 0.2) is 55.6 Å². The average Bonchev–Trinajstić information content (AvgIpc) is 2.38. The van der Waals surface area contributed by atoms with E-state index in [9.17, 15) is 9.90 Å². The second kappa shape index (κ2) is 5.53. The SMILES string of the molecule is C=CCc1ccc2cc(C(=O)O)c(CC=C)cc2c1. The lowest BCUT2D eigenvalue weighted by Crippen LogP contribution is -2.02. The fraction of sp³-hybridized carbons (Fsp3) is 0.118. The summed E-state index contributed by atoms with van der Waals surface area (Å²) in [7, 11) is 0. The highest BCUT2D eigenvalue weighted by atomic mass is 16.4. The Hall–Kier alpha value is -2.35. The Morgan fingerprint density at radius 2 is 1.79 bits per heavy atom. The molecule has 0 saturated carbocycles. The van der Waals surface area contributed by atoms with Gasteiger partial charge in [-0.15, -0.1) is 13.2 Å². The number of fused-ring (bicyclic) bond motifs is 1. The molecule has 2 rings (SSSR count). The van der Waals surface area contributed by atoms with Gasteiger partial charge in [-0.05, 0) is 46.9 Å². The number of carbonyl (C=O) groups is 1. The fourth-order valence-corrected chi connectivity index (χ4v) is 2.21. The van der Waals surface area contributed by atoms with Crippen LogP contribution in [0.1, 0.15) is 21.5 Å². The van der Waals surface area contributed by atoms with E-state index in [1.54, 1.807) is 12.1 Å². The van der Waals surface area contributed by atoms with Crippen LogP contribution in [0.25, 0.3) is 10.8 Å². The standard InChI is InChI=1S/C17H16O2/c1-3-5-12-7-8-13-11-16(17(18)19)14(6-4-2)10-15(13)9-12/h3-4,7-11H,1-2,5-6H2,(H,18,19). The van der Waals surface area contributed by atoms with Crippen molar-refractivity contribution in [2.45, 2.75) is 12.8 Å².